The van der Waals surface area contributed by atoms with E-state index >= 15 is 0 Å². The van der Waals surface area contributed by atoms with Crippen molar-refractivity contribution >= 4 is 16.6 Å². The van der Waals surface area contributed by atoms with E-state index in [2.05, 4.69) is 10.3 Å². The van der Waals surface area contributed by atoms with Gasteiger partial charge in [0, 0.05) is 36.3 Å². The smallest absolute Gasteiger partial charge is 0.166 e. The first kappa shape index (κ1) is 10.8. The SMILES string of the molecule is CNCCC(=O)c1cncc2ccccc12. The predicted molar refractivity (Wildman–Crippen MR) is 64.6 cm³/mol. The van der Waals surface area contributed by atoms with Crippen LogP contribution < -0.4 is 5.32 Å². The Kier molecular flexibility index (Phi) is 3.27. The van der Waals surface area contributed by atoms with Gasteiger partial charge in [-0.3, -0.25) is 9.78 Å². The minimum atomic E-state index is 0.138. The van der Waals surface area contributed by atoms with Crippen LogP contribution in [0.25, 0.3) is 10.8 Å². The van der Waals surface area contributed by atoms with Crippen molar-refractivity contribution in [2.45, 2.75) is 6.42 Å². The van der Waals surface area contributed by atoms with Gasteiger partial charge < -0.3 is 5.32 Å². The number of hydrogen-bond donors (Lipinski definition) is 1. The summed E-state index contributed by atoms with van der Waals surface area (Å²) < 4.78 is 0. The maximum atomic E-state index is 11.9. The van der Waals surface area contributed by atoms with Gasteiger partial charge in [-0.05, 0) is 12.4 Å². The molecule has 1 N–H and O–H groups in total. The zero-order chi connectivity index (χ0) is 11.4. The van der Waals surface area contributed by atoms with Gasteiger partial charge in [0.05, 0.1) is 0 Å². The number of fused-ring (bicyclic) bond motifs is 1. The molecule has 16 heavy (non-hydrogen) atoms. The summed E-state index contributed by atoms with van der Waals surface area (Å²) in [7, 11) is 1.84. The van der Waals surface area contributed by atoms with Crippen LogP contribution in [0.1, 0.15) is 16.8 Å². The third-order valence-electron chi connectivity index (χ3n) is 2.57. The van der Waals surface area contributed by atoms with Gasteiger partial charge >= 0.3 is 0 Å². The van der Waals surface area contributed by atoms with Gasteiger partial charge in [-0.15, -0.1) is 0 Å². The van der Waals surface area contributed by atoms with Crippen LogP contribution in [-0.2, 0) is 0 Å². The van der Waals surface area contributed by atoms with Crippen LogP contribution in [0.15, 0.2) is 36.7 Å². The average molecular weight is 214 g/mol. The number of benzene rings is 1. The maximum absolute atomic E-state index is 11.9. The topological polar surface area (TPSA) is 42.0 Å². The molecule has 0 amide bonds. The van der Waals surface area contributed by atoms with Crippen LogP contribution in [0.4, 0.5) is 0 Å². The first-order chi connectivity index (χ1) is 7.83. The Balaban J connectivity index is 2.40. The standard InChI is InChI=1S/C13H14N2O/c1-14-7-6-13(16)12-9-15-8-10-4-2-3-5-11(10)12/h2-5,8-9,14H,6-7H2,1H3. The first-order valence-electron chi connectivity index (χ1n) is 5.33. The molecule has 2 rings (SSSR count). The molecule has 1 aromatic carbocycles. The Bertz CT molecular complexity index is 503. The number of carbonyl (C=O) groups excluding carboxylic acids is 1. The van der Waals surface area contributed by atoms with Gasteiger partial charge in [-0.2, -0.15) is 0 Å². The number of nitrogens with zero attached hydrogens (tertiary/aromatic N) is 1. The lowest BCUT2D eigenvalue weighted by Crippen LogP contribution is -2.13. The molecule has 0 bridgehead atoms. The Labute approximate surface area is 94.5 Å². The van der Waals surface area contributed by atoms with E-state index in [-0.39, 0.29) is 5.78 Å². The average Bonchev–Trinajstić information content (AvgIpc) is 2.35. The molecule has 0 aliphatic heterocycles. The zero-order valence-corrected chi connectivity index (χ0v) is 9.23. The number of hydrogen-bond acceptors (Lipinski definition) is 3. The highest BCUT2D eigenvalue weighted by Crippen LogP contribution is 2.18. The van der Waals surface area contributed by atoms with Gasteiger partial charge in [0.2, 0.25) is 0 Å². The fourth-order valence-corrected chi connectivity index (χ4v) is 1.71. The van der Waals surface area contributed by atoms with E-state index in [9.17, 15) is 4.79 Å². The molecule has 0 saturated carbocycles. The molecule has 0 radical (unpaired) electrons. The molecule has 0 atom stereocenters. The lowest BCUT2D eigenvalue weighted by Gasteiger charge is -2.04. The van der Waals surface area contributed by atoms with Crippen molar-refractivity contribution in [3.63, 3.8) is 0 Å². The van der Waals surface area contributed by atoms with Crippen molar-refractivity contribution in [1.29, 1.82) is 0 Å². The fraction of sp³-hybridized carbons (Fsp3) is 0.231. The number of rotatable bonds is 4. The number of aromatic nitrogens is 1. The molecular weight excluding hydrogens is 200 g/mol. The molecule has 2 aromatic rings. The fourth-order valence-electron chi connectivity index (χ4n) is 1.71. The molecule has 0 unspecified atom stereocenters. The van der Waals surface area contributed by atoms with Crippen molar-refractivity contribution in [2.75, 3.05) is 13.6 Å². The molecule has 0 aliphatic carbocycles. The predicted octanol–water partition coefficient (Wildman–Crippen LogP) is 2.03. The third-order valence-corrected chi connectivity index (χ3v) is 2.57. The lowest BCUT2D eigenvalue weighted by atomic mass is 10.0. The summed E-state index contributed by atoms with van der Waals surface area (Å²) in [5.41, 5.74) is 0.716. The van der Waals surface area contributed by atoms with Crippen LogP contribution in [0, 0.1) is 0 Å². The summed E-state index contributed by atoms with van der Waals surface area (Å²) in [5, 5.41) is 4.97. The number of nitrogens with one attached hydrogen (secondary N) is 1. The van der Waals surface area contributed by atoms with Gasteiger partial charge in [0.1, 0.15) is 0 Å². The highest BCUT2D eigenvalue weighted by Gasteiger charge is 2.09. The molecule has 0 aliphatic rings. The summed E-state index contributed by atoms with van der Waals surface area (Å²) in [5.74, 6) is 0.138. The minimum Gasteiger partial charge on any atom is -0.319 e. The van der Waals surface area contributed by atoms with Gasteiger partial charge in [-0.25, -0.2) is 0 Å². The summed E-state index contributed by atoms with van der Waals surface area (Å²) >= 11 is 0. The Morgan fingerprint density at radius 3 is 2.94 bits per heavy atom. The minimum absolute atomic E-state index is 0.138. The van der Waals surface area contributed by atoms with Crippen molar-refractivity contribution < 1.29 is 4.79 Å². The van der Waals surface area contributed by atoms with Crippen LogP contribution in [0.3, 0.4) is 0 Å². The highest BCUT2D eigenvalue weighted by molar-refractivity contribution is 6.07. The van der Waals surface area contributed by atoms with Crippen LogP contribution in [0.5, 0.6) is 0 Å². The van der Waals surface area contributed by atoms with Gasteiger partial charge in [0.15, 0.2) is 5.78 Å². The number of ketones is 1. The van der Waals surface area contributed by atoms with Crippen LogP contribution >= 0.6 is 0 Å². The van der Waals surface area contributed by atoms with Crippen molar-refractivity contribution in [3.8, 4) is 0 Å². The van der Waals surface area contributed by atoms with E-state index in [1.54, 1.807) is 12.4 Å². The van der Waals surface area contributed by atoms with E-state index in [0.717, 1.165) is 10.8 Å². The second-order valence-corrected chi connectivity index (χ2v) is 3.68. The van der Waals surface area contributed by atoms with Crippen LogP contribution in [0.2, 0.25) is 0 Å². The molecule has 0 fully saturated rings. The number of carbonyl (C=O) groups is 1. The maximum Gasteiger partial charge on any atom is 0.166 e. The van der Waals surface area contributed by atoms with Crippen molar-refractivity contribution in [3.05, 3.63) is 42.2 Å². The quantitative estimate of drug-likeness (QED) is 0.792. The molecule has 0 spiro atoms. The summed E-state index contributed by atoms with van der Waals surface area (Å²) in [4.78, 5) is 16.0. The Morgan fingerprint density at radius 2 is 2.12 bits per heavy atom. The molecule has 3 heteroatoms. The highest BCUT2D eigenvalue weighted by atomic mass is 16.1. The van der Waals surface area contributed by atoms with E-state index in [4.69, 9.17) is 0 Å². The molecule has 0 saturated heterocycles. The Hall–Kier alpha value is -1.74. The van der Waals surface area contributed by atoms with Crippen LogP contribution in [-0.4, -0.2) is 24.4 Å². The van der Waals surface area contributed by atoms with E-state index in [1.165, 1.54) is 0 Å². The van der Waals surface area contributed by atoms with Crippen molar-refractivity contribution in [2.24, 2.45) is 0 Å². The summed E-state index contributed by atoms with van der Waals surface area (Å²) in [6.45, 7) is 0.696. The molecule has 1 aromatic heterocycles. The zero-order valence-electron chi connectivity index (χ0n) is 9.23. The van der Waals surface area contributed by atoms with Crippen molar-refractivity contribution in [1.82, 2.24) is 10.3 Å². The van der Waals surface area contributed by atoms with E-state index < -0.39 is 0 Å². The van der Waals surface area contributed by atoms with Gasteiger partial charge in [-0.1, -0.05) is 24.3 Å². The third kappa shape index (κ3) is 2.09. The normalized spacial score (nSPS) is 10.6. The lowest BCUT2D eigenvalue weighted by molar-refractivity contribution is 0.0984. The number of pyridine rings is 1. The molecule has 3 nitrogen and oxygen atoms in total. The monoisotopic (exact) mass is 214 g/mol. The first-order valence-corrected chi connectivity index (χ1v) is 5.33. The molecule has 1 heterocycles. The second-order valence-electron chi connectivity index (χ2n) is 3.68. The summed E-state index contributed by atoms with van der Waals surface area (Å²) in [6, 6.07) is 7.82. The Morgan fingerprint density at radius 1 is 1.31 bits per heavy atom. The largest absolute Gasteiger partial charge is 0.319 e. The second kappa shape index (κ2) is 4.86. The van der Waals surface area contributed by atoms with Gasteiger partial charge in [0.25, 0.3) is 0 Å². The van der Waals surface area contributed by atoms with E-state index in [0.29, 0.717) is 18.5 Å². The number of Topliss-reactive ketones (excluding diaryl/α,β-unsaturated/α-hetero) is 1. The molecular formula is C13H14N2O. The van der Waals surface area contributed by atoms with E-state index in [1.807, 2.05) is 31.3 Å². The molecule has 82 valence electrons. The summed E-state index contributed by atoms with van der Waals surface area (Å²) in [6.07, 6.45) is 3.94.